The average Bonchev–Trinajstić information content (AvgIpc) is 2.78. The number of fused-ring (bicyclic) bond motifs is 1. The number of carbonyl (C=O) groups is 1. The van der Waals surface area contributed by atoms with Crippen molar-refractivity contribution >= 4 is 28.2 Å². The molecule has 0 spiro atoms. The number of benzene rings is 3. The molecule has 0 radical (unpaired) electrons. The molecular formula is C24H21N3O3. The molecule has 6 heteroatoms. The predicted octanol–water partition coefficient (Wildman–Crippen LogP) is 5.31. The third kappa shape index (κ3) is 4.07. The van der Waals surface area contributed by atoms with Crippen LogP contribution in [0.15, 0.2) is 72.8 Å². The number of ether oxygens (including phenoxy) is 1. The third-order valence-electron chi connectivity index (χ3n) is 4.63. The van der Waals surface area contributed by atoms with Crippen molar-refractivity contribution in [1.82, 2.24) is 10.2 Å². The van der Waals surface area contributed by atoms with Gasteiger partial charge in [-0.15, -0.1) is 10.2 Å². The van der Waals surface area contributed by atoms with E-state index in [4.69, 9.17) is 4.74 Å². The summed E-state index contributed by atoms with van der Waals surface area (Å²) in [4.78, 5) is 12.0. The highest BCUT2D eigenvalue weighted by Crippen LogP contribution is 2.31. The van der Waals surface area contributed by atoms with Crippen LogP contribution in [0.25, 0.3) is 22.0 Å². The number of hydrogen-bond donors (Lipinski definition) is 2. The van der Waals surface area contributed by atoms with Crippen molar-refractivity contribution in [3.63, 3.8) is 0 Å². The molecule has 1 heterocycles. The van der Waals surface area contributed by atoms with Gasteiger partial charge in [0.25, 0.3) is 0 Å². The Balaban J connectivity index is 1.68. The van der Waals surface area contributed by atoms with Crippen LogP contribution in [0, 0.1) is 0 Å². The van der Waals surface area contributed by atoms with Crippen LogP contribution in [-0.4, -0.2) is 27.9 Å². The number of phenolic OH excluding ortho intramolecular Hbond substituents is 1. The lowest BCUT2D eigenvalue weighted by molar-refractivity contribution is 0.0505. The van der Waals surface area contributed by atoms with Crippen LogP contribution in [0.4, 0.5) is 11.5 Å². The molecule has 150 valence electrons. The molecule has 0 saturated heterocycles. The first-order valence-corrected chi connectivity index (χ1v) is 9.74. The van der Waals surface area contributed by atoms with E-state index in [1.54, 1.807) is 30.3 Å². The minimum Gasteiger partial charge on any atom is -0.508 e. The van der Waals surface area contributed by atoms with E-state index >= 15 is 0 Å². The number of esters is 1. The van der Waals surface area contributed by atoms with Gasteiger partial charge in [-0.1, -0.05) is 49.4 Å². The number of hydrogen-bond acceptors (Lipinski definition) is 6. The fraction of sp³-hybridized carbons (Fsp3) is 0.125. The summed E-state index contributed by atoms with van der Waals surface area (Å²) in [6, 6.07) is 21.9. The molecule has 1 aromatic heterocycles. The second-order valence-corrected chi connectivity index (χ2v) is 6.83. The molecule has 0 fully saturated rings. The zero-order valence-electron chi connectivity index (χ0n) is 16.5. The van der Waals surface area contributed by atoms with Crippen LogP contribution in [0.2, 0.25) is 0 Å². The number of nitrogens with zero attached hydrogens (tertiary/aromatic N) is 2. The fourth-order valence-electron chi connectivity index (χ4n) is 3.17. The average molecular weight is 399 g/mol. The Labute approximate surface area is 174 Å². The first kappa shape index (κ1) is 19.4. The maximum absolute atomic E-state index is 12.0. The zero-order chi connectivity index (χ0) is 20.9. The van der Waals surface area contributed by atoms with E-state index in [9.17, 15) is 9.90 Å². The van der Waals surface area contributed by atoms with E-state index < -0.39 is 0 Å². The normalized spacial score (nSPS) is 10.7. The standard InChI is InChI=1S/C24H21N3O3/c1-2-14-30-24(29)17-12-10-16(11-13-17)22-20-8-3-4-9-21(20)23(27-26-22)25-18-6-5-7-19(28)15-18/h3-13,15,28H,2,14H2,1H3,(H,25,27). The maximum atomic E-state index is 12.0. The summed E-state index contributed by atoms with van der Waals surface area (Å²) in [6.45, 7) is 2.36. The quantitative estimate of drug-likeness (QED) is 0.427. The molecule has 0 aliphatic rings. The lowest BCUT2D eigenvalue weighted by Crippen LogP contribution is -2.05. The van der Waals surface area contributed by atoms with Gasteiger partial charge in [-0.25, -0.2) is 4.79 Å². The van der Waals surface area contributed by atoms with Gasteiger partial charge in [-0.3, -0.25) is 0 Å². The summed E-state index contributed by atoms with van der Waals surface area (Å²) in [5.74, 6) is 0.441. The largest absolute Gasteiger partial charge is 0.508 e. The van der Waals surface area contributed by atoms with Gasteiger partial charge in [0.1, 0.15) is 11.4 Å². The summed E-state index contributed by atoms with van der Waals surface area (Å²) in [5.41, 5.74) is 2.80. The summed E-state index contributed by atoms with van der Waals surface area (Å²) in [6.07, 6.45) is 0.786. The molecule has 0 bridgehead atoms. The highest BCUT2D eigenvalue weighted by atomic mass is 16.5. The van der Waals surface area contributed by atoms with Crippen LogP contribution in [0.1, 0.15) is 23.7 Å². The van der Waals surface area contributed by atoms with Crippen LogP contribution in [0.5, 0.6) is 5.75 Å². The second kappa shape index (κ2) is 8.61. The zero-order valence-corrected chi connectivity index (χ0v) is 16.5. The predicted molar refractivity (Wildman–Crippen MR) is 117 cm³/mol. The molecule has 0 aliphatic carbocycles. The number of aromatic hydroxyl groups is 1. The number of phenols is 1. The number of aromatic nitrogens is 2. The fourth-order valence-corrected chi connectivity index (χ4v) is 3.17. The number of carbonyl (C=O) groups excluding carboxylic acids is 1. The third-order valence-corrected chi connectivity index (χ3v) is 4.63. The summed E-state index contributed by atoms with van der Waals surface area (Å²) in [7, 11) is 0. The van der Waals surface area contributed by atoms with Crippen molar-refractivity contribution in [2.24, 2.45) is 0 Å². The summed E-state index contributed by atoms with van der Waals surface area (Å²) in [5, 5.41) is 23.5. The van der Waals surface area contributed by atoms with Gasteiger partial charge in [0.2, 0.25) is 0 Å². The molecule has 4 rings (SSSR count). The Kier molecular flexibility index (Phi) is 5.57. The van der Waals surface area contributed by atoms with Gasteiger partial charge in [-0.05, 0) is 30.7 Å². The minimum absolute atomic E-state index is 0.173. The summed E-state index contributed by atoms with van der Waals surface area (Å²) < 4.78 is 5.18. The van der Waals surface area contributed by atoms with E-state index in [2.05, 4.69) is 15.5 Å². The van der Waals surface area contributed by atoms with Gasteiger partial charge >= 0.3 is 5.97 Å². The van der Waals surface area contributed by atoms with Crippen molar-refractivity contribution in [3.05, 3.63) is 78.4 Å². The van der Waals surface area contributed by atoms with E-state index in [0.717, 1.165) is 34.1 Å². The number of rotatable bonds is 6. The monoisotopic (exact) mass is 399 g/mol. The van der Waals surface area contributed by atoms with Crippen LogP contribution >= 0.6 is 0 Å². The smallest absolute Gasteiger partial charge is 0.338 e. The molecule has 2 N–H and O–H groups in total. The molecule has 0 unspecified atom stereocenters. The Morgan fingerprint density at radius 2 is 1.73 bits per heavy atom. The summed E-state index contributed by atoms with van der Waals surface area (Å²) >= 11 is 0. The molecule has 6 nitrogen and oxygen atoms in total. The minimum atomic E-state index is -0.329. The highest BCUT2D eigenvalue weighted by Gasteiger charge is 2.13. The van der Waals surface area contributed by atoms with Gasteiger partial charge in [-0.2, -0.15) is 0 Å². The molecule has 30 heavy (non-hydrogen) atoms. The Bertz CT molecular complexity index is 1190. The number of nitrogens with one attached hydrogen (secondary N) is 1. The lowest BCUT2D eigenvalue weighted by Gasteiger charge is -2.12. The van der Waals surface area contributed by atoms with Gasteiger partial charge in [0, 0.05) is 28.1 Å². The molecular weight excluding hydrogens is 378 g/mol. The molecule has 0 aliphatic heterocycles. The molecule has 0 atom stereocenters. The van der Waals surface area contributed by atoms with Gasteiger partial charge < -0.3 is 15.2 Å². The Morgan fingerprint density at radius 1 is 0.967 bits per heavy atom. The molecule has 0 saturated carbocycles. The maximum Gasteiger partial charge on any atom is 0.338 e. The van der Waals surface area contributed by atoms with Gasteiger partial charge in [0.05, 0.1) is 12.2 Å². The van der Waals surface area contributed by atoms with Crippen molar-refractivity contribution in [2.45, 2.75) is 13.3 Å². The Hall–Kier alpha value is -3.93. The molecule has 4 aromatic rings. The van der Waals surface area contributed by atoms with E-state index in [1.807, 2.05) is 49.4 Å². The lowest BCUT2D eigenvalue weighted by atomic mass is 10.0. The van der Waals surface area contributed by atoms with Crippen LogP contribution in [0.3, 0.4) is 0 Å². The van der Waals surface area contributed by atoms with Crippen molar-refractivity contribution in [1.29, 1.82) is 0 Å². The van der Waals surface area contributed by atoms with E-state index in [-0.39, 0.29) is 11.7 Å². The highest BCUT2D eigenvalue weighted by molar-refractivity contribution is 6.01. The van der Waals surface area contributed by atoms with Crippen molar-refractivity contribution in [2.75, 3.05) is 11.9 Å². The topological polar surface area (TPSA) is 84.3 Å². The van der Waals surface area contributed by atoms with Crippen LogP contribution in [-0.2, 0) is 4.74 Å². The SMILES string of the molecule is CCCOC(=O)c1ccc(-c2nnc(Nc3cccc(O)c3)c3ccccc23)cc1. The second-order valence-electron chi connectivity index (χ2n) is 6.83. The van der Waals surface area contributed by atoms with E-state index in [1.165, 1.54) is 0 Å². The molecule has 3 aromatic carbocycles. The van der Waals surface area contributed by atoms with Crippen molar-refractivity contribution in [3.8, 4) is 17.0 Å². The molecule has 0 amide bonds. The number of anilines is 2. The first-order valence-electron chi connectivity index (χ1n) is 9.74. The Morgan fingerprint density at radius 3 is 2.47 bits per heavy atom. The van der Waals surface area contributed by atoms with Gasteiger partial charge in [0.15, 0.2) is 5.82 Å². The van der Waals surface area contributed by atoms with Crippen molar-refractivity contribution < 1.29 is 14.6 Å². The van der Waals surface area contributed by atoms with Crippen LogP contribution < -0.4 is 5.32 Å². The van der Waals surface area contributed by atoms with E-state index in [0.29, 0.717) is 18.0 Å². The first-order chi connectivity index (χ1) is 14.7.